The first-order valence-electron chi connectivity index (χ1n) is 7.58. The summed E-state index contributed by atoms with van der Waals surface area (Å²) in [6, 6.07) is 10.2. The maximum Gasteiger partial charge on any atom is 0.340 e. The molecule has 1 saturated heterocycles. The lowest BCUT2D eigenvalue weighted by Crippen LogP contribution is -2.28. The Hall–Kier alpha value is -2.60. The third kappa shape index (κ3) is 3.78. The van der Waals surface area contributed by atoms with Crippen LogP contribution in [0.5, 0.6) is 0 Å². The van der Waals surface area contributed by atoms with Crippen molar-refractivity contribution in [3.63, 3.8) is 0 Å². The highest BCUT2D eigenvalue weighted by molar-refractivity contribution is 6.06. The zero-order valence-corrected chi connectivity index (χ0v) is 12.6. The van der Waals surface area contributed by atoms with E-state index in [1.165, 1.54) is 6.26 Å². The molecule has 23 heavy (non-hydrogen) atoms. The van der Waals surface area contributed by atoms with Crippen molar-refractivity contribution >= 4 is 17.6 Å². The minimum absolute atomic E-state index is 0.184. The molecule has 2 N–H and O–H groups in total. The van der Waals surface area contributed by atoms with E-state index >= 15 is 0 Å². The number of rotatable bonds is 5. The van der Waals surface area contributed by atoms with Crippen LogP contribution in [-0.2, 0) is 4.74 Å². The normalized spacial score (nSPS) is 17.0. The number of carbonyl (C=O) groups is 2. The molecular weight excluding hydrogens is 296 g/mol. The molecule has 0 unspecified atom stereocenters. The molecule has 1 aromatic heterocycles. The maximum absolute atomic E-state index is 12.3. The van der Waals surface area contributed by atoms with E-state index < -0.39 is 11.9 Å². The van der Waals surface area contributed by atoms with Gasteiger partial charge in [-0.2, -0.15) is 0 Å². The van der Waals surface area contributed by atoms with Crippen LogP contribution in [0.1, 0.15) is 33.8 Å². The van der Waals surface area contributed by atoms with E-state index in [0.717, 1.165) is 19.4 Å². The maximum atomic E-state index is 12.3. The monoisotopic (exact) mass is 314 g/mol. The molecular formula is C17H18N2O4. The summed E-state index contributed by atoms with van der Waals surface area (Å²) in [6.45, 7) is 1.29. The number of nitrogens with one attached hydrogen (secondary N) is 2. The number of furan rings is 1. The second-order valence-electron chi connectivity index (χ2n) is 5.37. The predicted octanol–water partition coefficient (Wildman–Crippen LogP) is 2.44. The number of benzene rings is 1. The van der Waals surface area contributed by atoms with Gasteiger partial charge in [0, 0.05) is 6.04 Å². The summed E-state index contributed by atoms with van der Waals surface area (Å²) in [7, 11) is 0. The third-order valence-corrected chi connectivity index (χ3v) is 3.72. The second-order valence-corrected chi connectivity index (χ2v) is 5.37. The number of esters is 1. The lowest BCUT2D eigenvalue weighted by molar-refractivity contribution is 0.0474. The summed E-state index contributed by atoms with van der Waals surface area (Å²) in [6.07, 6.45) is 3.52. The molecule has 1 atom stereocenters. The van der Waals surface area contributed by atoms with Gasteiger partial charge in [0.25, 0.3) is 5.91 Å². The van der Waals surface area contributed by atoms with Gasteiger partial charge in [0.15, 0.2) is 5.76 Å². The van der Waals surface area contributed by atoms with E-state index in [0.29, 0.717) is 17.9 Å². The standard InChI is InChI=1S/C17H18N2O4/c20-16(15-8-4-10-22-15)19-14-7-2-1-6-13(14)17(21)23-11-12-5-3-9-18-12/h1-2,4,6-8,10,12,18H,3,5,9,11H2,(H,19,20)/t12-/m0/s1. The van der Waals surface area contributed by atoms with Gasteiger partial charge in [-0.15, -0.1) is 0 Å². The van der Waals surface area contributed by atoms with Gasteiger partial charge < -0.3 is 19.8 Å². The number of amides is 1. The Balaban J connectivity index is 1.67. The summed E-state index contributed by atoms with van der Waals surface area (Å²) >= 11 is 0. The third-order valence-electron chi connectivity index (χ3n) is 3.72. The van der Waals surface area contributed by atoms with Gasteiger partial charge in [-0.05, 0) is 43.7 Å². The van der Waals surface area contributed by atoms with E-state index in [9.17, 15) is 9.59 Å². The van der Waals surface area contributed by atoms with E-state index in [1.807, 2.05) is 0 Å². The van der Waals surface area contributed by atoms with Crippen LogP contribution in [0.4, 0.5) is 5.69 Å². The molecule has 0 aliphatic carbocycles. The largest absolute Gasteiger partial charge is 0.460 e. The SMILES string of the molecule is O=C(Nc1ccccc1C(=O)OC[C@@H]1CCCN1)c1ccco1. The first kappa shape index (κ1) is 15.3. The Morgan fingerprint density at radius 1 is 1.26 bits per heavy atom. The van der Waals surface area contributed by atoms with Gasteiger partial charge in [0.2, 0.25) is 0 Å². The van der Waals surface area contributed by atoms with E-state index in [2.05, 4.69) is 10.6 Å². The average Bonchev–Trinajstić information content (AvgIpc) is 3.26. The van der Waals surface area contributed by atoms with Crippen molar-refractivity contribution in [3.8, 4) is 0 Å². The molecule has 1 aromatic carbocycles. The van der Waals surface area contributed by atoms with Crippen LogP contribution >= 0.6 is 0 Å². The molecule has 2 aromatic rings. The summed E-state index contributed by atoms with van der Waals surface area (Å²) in [5, 5.41) is 5.94. The lowest BCUT2D eigenvalue weighted by atomic mass is 10.1. The highest BCUT2D eigenvalue weighted by Gasteiger charge is 2.19. The quantitative estimate of drug-likeness (QED) is 0.829. The Labute approximate surface area is 133 Å². The molecule has 0 saturated carbocycles. The van der Waals surface area contributed by atoms with Gasteiger partial charge in [-0.25, -0.2) is 4.79 Å². The van der Waals surface area contributed by atoms with Crippen molar-refractivity contribution in [2.75, 3.05) is 18.5 Å². The van der Waals surface area contributed by atoms with Gasteiger partial charge in [-0.1, -0.05) is 12.1 Å². The van der Waals surface area contributed by atoms with Gasteiger partial charge in [0.05, 0.1) is 17.5 Å². The molecule has 3 rings (SSSR count). The van der Waals surface area contributed by atoms with Crippen molar-refractivity contribution < 1.29 is 18.7 Å². The summed E-state index contributed by atoms with van der Waals surface area (Å²) in [5.41, 5.74) is 0.726. The van der Waals surface area contributed by atoms with Gasteiger partial charge in [0.1, 0.15) is 6.61 Å². The van der Waals surface area contributed by atoms with Crippen LogP contribution in [-0.4, -0.2) is 31.1 Å². The Morgan fingerprint density at radius 3 is 2.87 bits per heavy atom. The summed E-state index contributed by atoms with van der Waals surface area (Å²) < 4.78 is 10.4. The summed E-state index contributed by atoms with van der Waals surface area (Å²) in [4.78, 5) is 24.3. The van der Waals surface area contributed by atoms with Crippen LogP contribution in [0.3, 0.4) is 0 Å². The van der Waals surface area contributed by atoms with Crippen LogP contribution in [0, 0.1) is 0 Å². The van der Waals surface area contributed by atoms with E-state index in [-0.39, 0.29) is 11.8 Å². The van der Waals surface area contributed by atoms with Crippen molar-refractivity contribution in [1.82, 2.24) is 5.32 Å². The zero-order chi connectivity index (χ0) is 16.1. The Bertz CT molecular complexity index is 676. The predicted molar refractivity (Wildman–Crippen MR) is 84.4 cm³/mol. The zero-order valence-electron chi connectivity index (χ0n) is 12.6. The Kier molecular flexibility index (Phi) is 4.73. The van der Waals surface area contributed by atoms with Crippen LogP contribution in [0.25, 0.3) is 0 Å². The fraction of sp³-hybridized carbons (Fsp3) is 0.294. The number of anilines is 1. The van der Waals surface area contributed by atoms with Crippen molar-refractivity contribution in [3.05, 3.63) is 54.0 Å². The number of ether oxygens (including phenoxy) is 1. The smallest absolute Gasteiger partial charge is 0.340 e. The van der Waals surface area contributed by atoms with Crippen LogP contribution in [0.15, 0.2) is 47.1 Å². The van der Waals surface area contributed by atoms with Crippen molar-refractivity contribution in [1.29, 1.82) is 0 Å². The number of hydrogen-bond acceptors (Lipinski definition) is 5. The number of hydrogen-bond donors (Lipinski definition) is 2. The number of carbonyl (C=O) groups excluding carboxylic acids is 2. The fourth-order valence-electron chi connectivity index (χ4n) is 2.51. The highest BCUT2D eigenvalue weighted by Crippen LogP contribution is 2.18. The average molecular weight is 314 g/mol. The molecule has 1 amide bonds. The molecule has 1 fully saturated rings. The Morgan fingerprint density at radius 2 is 2.13 bits per heavy atom. The molecule has 1 aliphatic rings. The first-order chi connectivity index (χ1) is 11.2. The molecule has 2 heterocycles. The van der Waals surface area contributed by atoms with E-state index in [1.54, 1.807) is 36.4 Å². The first-order valence-corrected chi connectivity index (χ1v) is 7.58. The van der Waals surface area contributed by atoms with Crippen LogP contribution < -0.4 is 10.6 Å². The highest BCUT2D eigenvalue weighted by atomic mass is 16.5. The van der Waals surface area contributed by atoms with Crippen LogP contribution in [0.2, 0.25) is 0 Å². The molecule has 1 aliphatic heterocycles. The molecule has 120 valence electrons. The molecule has 0 bridgehead atoms. The topological polar surface area (TPSA) is 80.6 Å². The molecule has 0 radical (unpaired) electrons. The second kappa shape index (κ2) is 7.11. The van der Waals surface area contributed by atoms with E-state index in [4.69, 9.17) is 9.15 Å². The van der Waals surface area contributed by atoms with Gasteiger partial charge >= 0.3 is 5.97 Å². The van der Waals surface area contributed by atoms with Crippen molar-refractivity contribution in [2.45, 2.75) is 18.9 Å². The lowest BCUT2D eigenvalue weighted by Gasteiger charge is -2.13. The molecule has 6 nitrogen and oxygen atoms in total. The minimum Gasteiger partial charge on any atom is -0.460 e. The minimum atomic E-state index is -0.450. The molecule has 0 spiro atoms. The number of para-hydroxylation sites is 1. The van der Waals surface area contributed by atoms with Gasteiger partial charge in [-0.3, -0.25) is 4.79 Å². The van der Waals surface area contributed by atoms with Crippen molar-refractivity contribution in [2.24, 2.45) is 0 Å². The molecule has 6 heteroatoms. The fourth-order valence-corrected chi connectivity index (χ4v) is 2.51. The summed E-state index contributed by atoms with van der Waals surface area (Å²) in [5.74, 6) is -0.676.